The summed E-state index contributed by atoms with van der Waals surface area (Å²) >= 11 is 0. The summed E-state index contributed by atoms with van der Waals surface area (Å²) in [4.78, 5) is 25.1. The fourth-order valence-electron chi connectivity index (χ4n) is 4.35. The minimum absolute atomic E-state index is 0.0455. The minimum Gasteiger partial charge on any atom is -0.490 e. The summed E-state index contributed by atoms with van der Waals surface area (Å²) in [5.74, 6) is 1.50. The number of nitrogens with zero attached hydrogens (tertiary/aromatic N) is 3. The normalized spacial score (nSPS) is 15.8. The molecule has 6 nitrogen and oxygen atoms in total. The van der Waals surface area contributed by atoms with Gasteiger partial charge in [-0.05, 0) is 48.6 Å². The average molecular weight is 435 g/mol. The summed E-state index contributed by atoms with van der Waals surface area (Å²) in [6.07, 6.45) is 2.23. The average Bonchev–Trinajstić information content (AvgIpc) is 3.16. The summed E-state index contributed by atoms with van der Waals surface area (Å²) in [6, 6.07) is 15.4. The SMILES string of the molecule is CN(Cc1nc2ccccc2[nH]1)C(=O)c1cccc(OC2CCN(CC(C)(C)C)CC2)c1. The second-order valence-corrected chi connectivity index (χ2v) is 10.0. The standard InChI is InChI=1S/C26H34N4O2/c1-26(2,3)18-30-14-12-20(13-15-30)32-21-9-7-8-19(16-21)25(31)29(4)17-24-27-22-10-5-6-11-23(22)28-24/h5-11,16,20H,12-15,17-18H2,1-4H3,(H,27,28). The molecule has 0 unspecified atom stereocenters. The quantitative estimate of drug-likeness (QED) is 0.610. The molecule has 0 bridgehead atoms. The molecule has 0 spiro atoms. The number of para-hydroxylation sites is 2. The van der Waals surface area contributed by atoms with Crippen LogP contribution in [0, 0.1) is 5.41 Å². The van der Waals surface area contributed by atoms with Crippen molar-refractivity contribution in [3.05, 3.63) is 59.9 Å². The number of aromatic amines is 1. The fraction of sp³-hybridized carbons (Fsp3) is 0.462. The number of ether oxygens (including phenoxy) is 1. The van der Waals surface area contributed by atoms with Crippen molar-refractivity contribution < 1.29 is 9.53 Å². The topological polar surface area (TPSA) is 61.5 Å². The molecule has 1 fully saturated rings. The van der Waals surface area contributed by atoms with E-state index in [-0.39, 0.29) is 12.0 Å². The molecule has 1 saturated heterocycles. The molecule has 3 aromatic rings. The van der Waals surface area contributed by atoms with E-state index in [9.17, 15) is 4.79 Å². The molecule has 0 radical (unpaired) electrons. The van der Waals surface area contributed by atoms with Crippen LogP contribution in [0.2, 0.25) is 0 Å². The van der Waals surface area contributed by atoms with Crippen molar-refractivity contribution >= 4 is 16.9 Å². The van der Waals surface area contributed by atoms with Crippen molar-refractivity contribution in [2.24, 2.45) is 5.41 Å². The van der Waals surface area contributed by atoms with Gasteiger partial charge < -0.3 is 19.5 Å². The van der Waals surface area contributed by atoms with Crippen LogP contribution in [0.3, 0.4) is 0 Å². The molecule has 0 saturated carbocycles. The Kier molecular flexibility index (Phi) is 6.51. The number of nitrogens with one attached hydrogen (secondary N) is 1. The third kappa shape index (κ3) is 5.68. The molecule has 2 aromatic carbocycles. The van der Waals surface area contributed by atoms with Gasteiger partial charge in [0.15, 0.2) is 0 Å². The highest BCUT2D eigenvalue weighted by atomic mass is 16.5. The lowest BCUT2D eigenvalue weighted by Gasteiger charge is -2.36. The van der Waals surface area contributed by atoms with Crippen LogP contribution in [0.25, 0.3) is 11.0 Å². The Hall–Kier alpha value is -2.86. The lowest BCUT2D eigenvalue weighted by atomic mass is 9.94. The molecule has 1 aliphatic heterocycles. The predicted molar refractivity (Wildman–Crippen MR) is 128 cm³/mol. The van der Waals surface area contributed by atoms with Gasteiger partial charge in [0.25, 0.3) is 5.91 Å². The molecule has 170 valence electrons. The highest BCUT2D eigenvalue weighted by Gasteiger charge is 2.24. The van der Waals surface area contributed by atoms with Crippen LogP contribution < -0.4 is 4.74 Å². The van der Waals surface area contributed by atoms with E-state index in [1.54, 1.807) is 11.9 Å². The first-order chi connectivity index (χ1) is 15.3. The summed E-state index contributed by atoms with van der Waals surface area (Å²) in [5.41, 5.74) is 2.84. The lowest BCUT2D eigenvalue weighted by molar-refractivity contribution is 0.0771. The van der Waals surface area contributed by atoms with Crippen LogP contribution >= 0.6 is 0 Å². The Bertz CT molecular complexity index is 1030. The maximum absolute atomic E-state index is 13.0. The van der Waals surface area contributed by atoms with E-state index < -0.39 is 0 Å². The Morgan fingerprint density at radius 1 is 1.16 bits per heavy atom. The highest BCUT2D eigenvalue weighted by Crippen LogP contribution is 2.23. The van der Waals surface area contributed by atoms with Gasteiger partial charge in [-0.2, -0.15) is 0 Å². The van der Waals surface area contributed by atoms with E-state index in [1.165, 1.54) is 0 Å². The van der Waals surface area contributed by atoms with Gasteiger partial charge >= 0.3 is 0 Å². The van der Waals surface area contributed by atoms with Crippen molar-refractivity contribution in [3.8, 4) is 5.75 Å². The number of rotatable bonds is 6. The Morgan fingerprint density at radius 3 is 2.62 bits per heavy atom. The Balaban J connectivity index is 1.34. The first kappa shape index (κ1) is 22.3. The van der Waals surface area contributed by atoms with Crippen LogP contribution in [0.1, 0.15) is 49.8 Å². The zero-order valence-corrected chi connectivity index (χ0v) is 19.6. The number of amides is 1. The summed E-state index contributed by atoms with van der Waals surface area (Å²) in [7, 11) is 1.80. The number of piperidine rings is 1. The molecular formula is C26H34N4O2. The molecule has 32 heavy (non-hydrogen) atoms. The number of likely N-dealkylation sites (tertiary alicyclic amines) is 1. The number of hydrogen-bond acceptors (Lipinski definition) is 4. The van der Waals surface area contributed by atoms with Gasteiger partial charge in [0.05, 0.1) is 17.6 Å². The molecular weight excluding hydrogens is 400 g/mol. The van der Waals surface area contributed by atoms with Gasteiger partial charge in [-0.3, -0.25) is 4.79 Å². The molecule has 1 amide bonds. The Morgan fingerprint density at radius 2 is 1.91 bits per heavy atom. The number of hydrogen-bond donors (Lipinski definition) is 1. The van der Waals surface area contributed by atoms with Crippen molar-refractivity contribution in [2.75, 3.05) is 26.7 Å². The maximum atomic E-state index is 13.0. The first-order valence-corrected chi connectivity index (χ1v) is 11.4. The van der Waals surface area contributed by atoms with E-state index >= 15 is 0 Å². The summed E-state index contributed by atoms with van der Waals surface area (Å²) < 4.78 is 6.25. The van der Waals surface area contributed by atoms with Crippen LogP contribution in [0.15, 0.2) is 48.5 Å². The number of carbonyl (C=O) groups is 1. The van der Waals surface area contributed by atoms with Gasteiger partial charge in [-0.25, -0.2) is 4.98 Å². The number of benzene rings is 2. The van der Waals surface area contributed by atoms with E-state index in [1.807, 2.05) is 48.5 Å². The second kappa shape index (κ2) is 9.33. The lowest BCUT2D eigenvalue weighted by Crippen LogP contribution is -2.42. The van der Waals surface area contributed by atoms with Gasteiger partial charge in [-0.1, -0.05) is 39.0 Å². The van der Waals surface area contributed by atoms with Crippen LogP contribution in [-0.2, 0) is 6.54 Å². The number of H-pyrrole nitrogens is 1. The summed E-state index contributed by atoms with van der Waals surface area (Å²) in [5, 5.41) is 0. The number of imidazole rings is 1. The monoisotopic (exact) mass is 434 g/mol. The van der Waals surface area contributed by atoms with Crippen molar-refractivity contribution in [1.29, 1.82) is 0 Å². The predicted octanol–water partition coefficient (Wildman–Crippen LogP) is 4.72. The van der Waals surface area contributed by atoms with Crippen molar-refractivity contribution in [3.63, 3.8) is 0 Å². The van der Waals surface area contributed by atoms with E-state index in [4.69, 9.17) is 4.74 Å². The van der Waals surface area contributed by atoms with Crippen molar-refractivity contribution in [1.82, 2.24) is 19.8 Å². The smallest absolute Gasteiger partial charge is 0.254 e. The Labute approximate surface area is 190 Å². The minimum atomic E-state index is -0.0455. The fourth-order valence-corrected chi connectivity index (χ4v) is 4.35. The third-order valence-electron chi connectivity index (χ3n) is 5.79. The van der Waals surface area contributed by atoms with Crippen LogP contribution in [0.4, 0.5) is 0 Å². The molecule has 6 heteroatoms. The molecule has 1 aliphatic rings. The maximum Gasteiger partial charge on any atom is 0.254 e. The van der Waals surface area contributed by atoms with E-state index in [0.29, 0.717) is 17.5 Å². The zero-order chi connectivity index (χ0) is 22.7. The van der Waals surface area contributed by atoms with Gasteiger partial charge in [0.1, 0.15) is 17.7 Å². The number of aromatic nitrogens is 2. The molecule has 1 N–H and O–H groups in total. The molecule has 0 aliphatic carbocycles. The van der Waals surface area contributed by atoms with Crippen LogP contribution in [0.5, 0.6) is 5.75 Å². The molecule has 2 heterocycles. The van der Waals surface area contributed by atoms with Gasteiger partial charge in [0, 0.05) is 32.2 Å². The van der Waals surface area contributed by atoms with Gasteiger partial charge in [-0.15, -0.1) is 0 Å². The molecule has 0 atom stereocenters. The summed E-state index contributed by atoms with van der Waals surface area (Å²) in [6.45, 7) is 10.5. The van der Waals surface area contributed by atoms with E-state index in [0.717, 1.165) is 55.1 Å². The molecule has 1 aromatic heterocycles. The molecule has 4 rings (SSSR count). The number of fused-ring (bicyclic) bond motifs is 1. The highest BCUT2D eigenvalue weighted by molar-refractivity contribution is 5.94. The third-order valence-corrected chi connectivity index (χ3v) is 5.79. The van der Waals surface area contributed by atoms with Crippen molar-refractivity contribution in [2.45, 2.75) is 46.3 Å². The van der Waals surface area contributed by atoms with Gasteiger partial charge in [0.2, 0.25) is 0 Å². The number of carbonyl (C=O) groups excluding carboxylic acids is 1. The van der Waals surface area contributed by atoms with E-state index in [2.05, 4.69) is 35.6 Å². The first-order valence-electron chi connectivity index (χ1n) is 11.4. The zero-order valence-electron chi connectivity index (χ0n) is 19.6. The largest absolute Gasteiger partial charge is 0.490 e. The van der Waals surface area contributed by atoms with Crippen LogP contribution in [-0.4, -0.2) is 58.5 Å². The second-order valence-electron chi connectivity index (χ2n) is 10.0.